The fourth-order valence-corrected chi connectivity index (χ4v) is 1.62. The van der Waals surface area contributed by atoms with E-state index in [4.69, 9.17) is 0 Å². The SMILES string of the molecule is CNc1cc(C(=O)N(C)CC(C)O)cc(C)n1. The Kier molecular flexibility index (Phi) is 4.45. The van der Waals surface area contributed by atoms with Crippen molar-refractivity contribution < 1.29 is 9.90 Å². The molecule has 17 heavy (non-hydrogen) atoms. The number of likely N-dealkylation sites (N-methyl/N-ethyl adjacent to an activating group) is 1. The Balaban J connectivity index is 2.91. The second-order valence-corrected chi connectivity index (χ2v) is 4.17. The summed E-state index contributed by atoms with van der Waals surface area (Å²) in [6.45, 7) is 3.81. The van der Waals surface area contributed by atoms with Gasteiger partial charge >= 0.3 is 0 Å². The van der Waals surface area contributed by atoms with Crippen LogP contribution >= 0.6 is 0 Å². The number of amides is 1. The maximum atomic E-state index is 12.1. The van der Waals surface area contributed by atoms with Gasteiger partial charge in [0.05, 0.1) is 6.10 Å². The lowest BCUT2D eigenvalue weighted by Gasteiger charge is -2.19. The van der Waals surface area contributed by atoms with Crippen LogP contribution in [0.3, 0.4) is 0 Å². The minimum Gasteiger partial charge on any atom is -0.392 e. The van der Waals surface area contributed by atoms with Crippen LogP contribution in [0, 0.1) is 6.92 Å². The van der Waals surface area contributed by atoms with Gasteiger partial charge in [0.15, 0.2) is 0 Å². The third-order valence-corrected chi connectivity index (χ3v) is 2.34. The van der Waals surface area contributed by atoms with Gasteiger partial charge in [0.1, 0.15) is 5.82 Å². The molecule has 2 N–H and O–H groups in total. The topological polar surface area (TPSA) is 65.5 Å². The molecule has 0 aliphatic rings. The number of anilines is 1. The third kappa shape index (κ3) is 3.71. The molecule has 0 saturated carbocycles. The molecule has 0 spiro atoms. The van der Waals surface area contributed by atoms with Crippen LogP contribution in [0.1, 0.15) is 23.0 Å². The number of carbonyl (C=O) groups is 1. The second kappa shape index (κ2) is 5.63. The Bertz CT molecular complexity index is 405. The molecule has 1 atom stereocenters. The summed E-state index contributed by atoms with van der Waals surface area (Å²) in [5.41, 5.74) is 1.36. The van der Waals surface area contributed by atoms with E-state index in [0.29, 0.717) is 17.9 Å². The van der Waals surface area contributed by atoms with Gasteiger partial charge in [-0.25, -0.2) is 4.98 Å². The third-order valence-electron chi connectivity index (χ3n) is 2.34. The van der Waals surface area contributed by atoms with Crippen molar-refractivity contribution in [1.29, 1.82) is 0 Å². The molecule has 0 saturated heterocycles. The van der Waals surface area contributed by atoms with Crippen LogP contribution in [0.5, 0.6) is 0 Å². The fraction of sp³-hybridized carbons (Fsp3) is 0.500. The normalized spacial score (nSPS) is 12.1. The number of hydrogen-bond acceptors (Lipinski definition) is 4. The number of carbonyl (C=O) groups excluding carboxylic acids is 1. The number of pyridine rings is 1. The highest BCUT2D eigenvalue weighted by molar-refractivity contribution is 5.94. The maximum Gasteiger partial charge on any atom is 0.253 e. The molecule has 0 bridgehead atoms. The Morgan fingerprint density at radius 2 is 2.24 bits per heavy atom. The van der Waals surface area contributed by atoms with Crippen molar-refractivity contribution in [3.05, 3.63) is 23.4 Å². The van der Waals surface area contributed by atoms with Gasteiger partial charge in [-0.15, -0.1) is 0 Å². The van der Waals surface area contributed by atoms with E-state index in [1.807, 2.05) is 6.92 Å². The molecule has 0 aliphatic heterocycles. The van der Waals surface area contributed by atoms with Crippen LogP contribution < -0.4 is 5.32 Å². The highest BCUT2D eigenvalue weighted by Gasteiger charge is 2.14. The van der Waals surface area contributed by atoms with Crippen molar-refractivity contribution in [1.82, 2.24) is 9.88 Å². The van der Waals surface area contributed by atoms with Gasteiger partial charge < -0.3 is 15.3 Å². The van der Waals surface area contributed by atoms with Gasteiger partial charge in [-0.3, -0.25) is 4.79 Å². The number of aromatic nitrogens is 1. The first-order chi connectivity index (χ1) is 7.93. The smallest absolute Gasteiger partial charge is 0.253 e. The van der Waals surface area contributed by atoms with E-state index < -0.39 is 6.10 Å². The molecule has 0 fully saturated rings. The lowest BCUT2D eigenvalue weighted by atomic mass is 10.2. The largest absolute Gasteiger partial charge is 0.392 e. The summed E-state index contributed by atoms with van der Waals surface area (Å²) in [7, 11) is 3.43. The molecule has 1 aromatic heterocycles. The predicted molar refractivity (Wildman–Crippen MR) is 67.2 cm³/mol. The molecule has 94 valence electrons. The van der Waals surface area contributed by atoms with E-state index in [9.17, 15) is 9.90 Å². The first-order valence-electron chi connectivity index (χ1n) is 5.54. The summed E-state index contributed by atoms with van der Waals surface area (Å²) in [5, 5.41) is 12.2. The van der Waals surface area contributed by atoms with Crippen LogP contribution in [-0.2, 0) is 0 Å². The van der Waals surface area contributed by atoms with Crippen LogP contribution in [0.4, 0.5) is 5.82 Å². The van der Waals surface area contributed by atoms with Crippen LogP contribution in [0.15, 0.2) is 12.1 Å². The first kappa shape index (κ1) is 13.4. The average Bonchev–Trinajstić information content (AvgIpc) is 2.26. The van der Waals surface area contributed by atoms with Gasteiger partial charge in [0.25, 0.3) is 5.91 Å². The molecule has 0 aromatic carbocycles. The lowest BCUT2D eigenvalue weighted by Crippen LogP contribution is -2.33. The Morgan fingerprint density at radius 1 is 1.59 bits per heavy atom. The maximum absolute atomic E-state index is 12.1. The standard InChI is InChI=1S/C12H19N3O2/c1-8-5-10(6-11(13-3)14-8)12(17)15(4)7-9(2)16/h5-6,9,16H,7H2,1-4H3,(H,13,14). The molecule has 5 nitrogen and oxygen atoms in total. The van der Waals surface area contributed by atoms with Gasteiger partial charge in [0.2, 0.25) is 0 Å². The van der Waals surface area contributed by atoms with E-state index >= 15 is 0 Å². The molecule has 1 heterocycles. The number of aliphatic hydroxyl groups is 1. The first-order valence-corrected chi connectivity index (χ1v) is 5.54. The van der Waals surface area contributed by atoms with Gasteiger partial charge in [0, 0.05) is 31.9 Å². The molecule has 1 amide bonds. The summed E-state index contributed by atoms with van der Waals surface area (Å²) in [6.07, 6.45) is -0.532. The predicted octanol–water partition coefficient (Wildman–Crippen LogP) is 0.885. The molecule has 1 aromatic rings. The van der Waals surface area contributed by atoms with Crippen molar-refractivity contribution in [2.75, 3.05) is 26.0 Å². The number of nitrogens with one attached hydrogen (secondary N) is 1. The van der Waals surface area contributed by atoms with Crippen molar-refractivity contribution in [2.45, 2.75) is 20.0 Å². The highest BCUT2D eigenvalue weighted by atomic mass is 16.3. The summed E-state index contributed by atoms with van der Waals surface area (Å²) < 4.78 is 0. The van der Waals surface area contributed by atoms with E-state index in [0.717, 1.165) is 5.69 Å². The zero-order chi connectivity index (χ0) is 13.0. The number of aryl methyl sites for hydroxylation is 1. The quantitative estimate of drug-likeness (QED) is 0.816. The van der Waals surface area contributed by atoms with Gasteiger partial charge in [-0.2, -0.15) is 0 Å². The molecular formula is C12H19N3O2. The van der Waals surface area contributed by atoms with Crippen molar-refractivity contribution >= 4 is 11.7 Å². The summed E-state index contributed by atoms with van der Waals surface area (Å²) in [6, 6.07) is 3.44. The van der Waals surface area contributed by atoms with Gasteiger partial charge in [-0.05, 0) is 26.0 Å². The van der Waals surface area contributed by atoms with Crippen LogP contribution in [-0.4, -0.2) is 47.6 Å². The van der Waals surface area contributed by atoms with E-state index in [1.165, 1.54) is 4.90 Å². The zero-order valence-electron chi connectivity index (χ0n) is 10.7. The molecular weight excluding hydrogens is 218 g/mol. The summed E-state index contributed by atoms with van der Waals surface area (Å²) >= 11 is 0. The zero-order valence-corrected chi connectivity index (χ0v) is 10.7. The summed E-state index contributed by atoms with van der Waals surface area (Å²) in [4.78, 5) is 17.8. The minimum atomic E-state index is -0.532. The van der Waals surface area contributed by atoms with Crippen LogP contribution in [0.2, 0.25) is 0 Å². The number of hydrogen-bond donors (Lipinski definition) is 2. The highest BCUT2D eigenvalue weighted by Crippen LogP contribution is 2.11. The molecule has 1 rings (SSSR count). The molecule has 1 unspecified atom stereocenters. The van der Waals surface area contributed by atoms with Crippen molar-refractivity contribution in [3.63, 3.8) is 0 Å². The Hall–Kier alpha value is -1.62. The lowest BCUT2D eigenvalue weighted by molar-refractivity contribution is 0.0703. The van der Waals surface area contributed by atoms with Crippen molar-refractivity contribution in [3.8, 4) is 0 Å². The van der Waals surface area contributed by atoms with E-state index in [-0.39, 0.29) is 5.91 Å². The van der Waals surface area contributed by atoms with Crippen molar-refractivity contribution in [2.24, 2.45) is 0 Å². The van der Waals surface area contributed by atoms with E-state index in [2.05, 4.69) is 10.3 Å². The number of rotatable bonds is 4. The van der Waals surface area contributed by atoms with Crippen LogP contribution in [0.25, 0.3) is 0 Å². The number of nitrogens with zero attached hydrogens (tertiary/aromatic N) is 2. The Morgan fingerprint density at radius 3 is 2.76 bits per heavy atom. The van der Waals surface area contributed by atoms with Gasteiger partial charge in [-0.1, -0.05) is 0 Å². The molecule has 5 heteroatoms. The Labute approximate surface area is 101 Å². The fourth-order valence-electron chi connectivity index (χ4n) is 1.62. The minimum absolute atomic E-state index is 0.118. The second-order valence-electron chi connectivity index (χ2n) is 4.17. The summed E-state index contributed by atoms with van der Waals surface area (Å²) in [5.74, 6) is 0.548. The average molecular weight is 237 g/mol. The monoisotopic (exact) mass is 237 g/mol. The molecule has 0 radical (unpaired) electrons. The van der Waals surface area contributed by atoms with E-state index in [1.54, 1.807) is 33.2 Å². The molecule has 0 aliphatic carbocycles. The number of aliphatic hydroxyl groups excluding tert-OH is 1.